The Morgan fingerprint density at radius 1 is 1.53 bits per heavy atom. The van der Waals surface area contributed by atoms with Crippen molar-refractivity contribution in [2.75, 3.05) is 18.5 Å². The lowest BCUT2D eigenvalue weighted by molar-refractivity contribution is 0.252. The average molecular weight is 233 g/mol. The summed E-state index contributed by atoms with van der Waals surface area (Å²) in [5.41, 5.74) is 0.633. The topological polar surface area (TPSA) is 74.2 Å². The van der Waals surface area contributed by atoms with E-state index in [4.69, 9.17) is 10.00 Å². The van der Waals surface area contributed by atoms with Gasteiger partial charge in [-0.15, -0.1) is 0 Å². The van der Waals surface area contributed by atoms with Crippen LogP contribution in [0.25, 0.3) is 0 Å². The van der Waals surface area contributed by atoms with Gasteiger partial charge in [-0.25, -0.2) is 4.79 Å². The molecule has 0 fully saturated rings. The van der Waals surface area contributed by atoms with E-state index < -0.39 is 0 Å². The Labute approximate surface area is 100 Å². The number of hydrogen-bond donors (Lipinski definition) is 2. The minimum Gasteiger partial charge on any atom is -0.479 e. The quantitative estimate of drug-likeness (QED) is 0.818. The van der Waals surface area contributed by atoms with E-state index in [2.05, 4.69) is 10.6 Å². The van der Waals surface area contributed by atoms with Crippen molar-refractivity contribution in [3.63, 3.8) is 0 Å². The number of nitrogens with zero attached hydrogens (tertiary/aromatic N) is 1. The number of rotatable bonds is 5. The predicted molar refractivity (Wildman–Crippen MR) is 64.9 cm³/mol. The Morgan fingerprint density at radius 3 is 3.06 bits per heavy atom. The van der Waals surface area contributed by atoms with E-state index >= 15 is 0 Å². The monoisotopic (exact) mass is 233 g/mol. The lowest BCUT2D eigenvalue weighted by Gasteiger charge is -2.08. The molecule has 0 heterocycles. The molecule has 1 aromatic carbocycles. The number of carbonyl (C=O) groups is 1. The van der Waals surface area contributed by atoms with E-state index in [-0.39, 0.29) is 12.6 Å². The van der Waals surface area contributed by atoms with Gasteiger partial charge in [0.2, 0.25) is 0 Å². The van der Waals surface area contributed by atoms with Gasteiger partial charge in [0.05, 0.1) is 0 Å². The van der Waals surface area contributed by atoms with Crippen LogP contribution in [0.15, 0.2) is 24.3 Å². The van der Waals surface area contributed by atoms with Crippen molar-refractivity contribution in [2.24, 2.45) is 0 Å². The van der Waals surface area contributed by atoms with Gasteiger partial charge in [-0.3, -0.25) is 0 Å². The first-order valence-corrected chi connectivity index (χ1v) is 5.41. The fraction of sp³-hybridized carbons (Fsp3) is 0.333. The average Bonchev–Trinajstić information content (AvgIpc) is 2.34. The Bertz CT molecular complexity index is 412. The molecule has 0 aliphatic heterocycles. The minimum atomic E-state index is -0.246. The lowest BCUT2D eigenvalue weighted by Crippen LogP contribution is -2.29. The highest BCUT2D eigenvalue weighted by Gasteiger charge is 2.01. The third-order valence-electron chi connectivity index (χ3n) is 1.93. The Hall–Kier alpha value is -2.22. The standard InChI is InChI=1S/C12H15N3O2/c1-2-7-14-12(16)15-10-4-3-5-11(9-10)17-8-6-13/h3-5,9H,2,7-8H2,1H3,(H2,14,15,16). The second-order valence-electron chi connectivity index (χ2n) is 3.36. The summed E-state index contributed by atoms with van der Waals surface area (Å²) in [6.45, 7) is 2.61. The van der Waals surface area contributed by atoms with Crippen LogP contribution in [0.5, 0.6) is 5.75 Å². The summed E-state index contributed by atoms with van der Waals surface area (Å²) in [5.74, 6) is 0.555. The highest BCUT2D eigenvalue weighted by Crippen LogP contribution is 2.16. The molecule has 5 heteroatoms. The molecule has 2 amide bonds. The molecular formula is C12H15N3O2. The van der Waals surface area contributed by atoms with Gasteiger partial charge in [0.1, 0.15) is 11.8 Å². The smallest absolute Gasteiger partial charge is 0.319 e. The number of ether oxygens (including phenoxy) is 1. The van der Waals surface area contributed by atoms with Crippen LogP contribution in [-0.2, 0) is 0 Å². The maximum Gasteiger partial charge on any atom is 0.319 e. The summed E-state index contributed by atoms with van der Waals surface area (Å²) < 4.78 is 5.13. The number of anilines is 1. The zero-order valence-electron chi connectivity index (χ0n) is 9.69. The number of nitriles is 1. The summed E-state index contributed by atoms with van der Waals surface area (Å²) in [5, 5.41) is 13.8. The number of nitrogens with one attached hydrogen (secondary N) is 2. The third-order valence-corrected chi connectivity index (χ3v) is 1.93. The number of amides is 2. The molecule has 17 heavy (non-hydrogen) atoms. The summed E-state index contributed by atoms with van der Waals surface area (Å²) in [4.78, 5) is 11.4. The molecular weight excluding hydrogens is 218 g/mol. The van der Waals surface area contributed by atoms with Crippen molar-refractivity contribution in [3.05, 3.63) is 24.3 Å². The highest BCUT2D eigenvalue weighted by atomic mass is 16.5. The van der Waals surface area contributed by atoms with Gasteiger partial charge in [0.25, 0.3) is 0 Å². The summed E-state index contributed by atoms with van der Waals surface area (Å²) in [6, 6.07) is 8.54. The van der Waals surface area contributed by atoms with E-state index in [0.717, 1.165) is 6.42 Å². The lowest BCUT2D eigenvalue weighted by atomic mass is 10.3. The van der Waals surface area contributed by atoms with Gasteiger partial charge >= 0.3 is 6.03 Å². The van der Waals surface area contributed by atoms with Gasteiger partial charge in [-0.2, -0.15) is 5.26 Å². The number of benzene rings is 1. The van der Waals surface area contributed by atoms with Gasteiger partial charge in [-0.05, 0) is 18.6 Å². The van der Waals surface area contributed by atoms with E-state index in [0.29, 0.717) is 18.0 Å². The van der Waals surface area contributed by atoms with Crippen molar-refractivity contribution in [1.29, 1.82) is 5.26 Å². The predicted octanol–water partition coefficient (Wildman–Crippen LogP) is 2.12. The minimum absolute atomic E-state index is 0.00845. The first kappa shape index (κ1) is 12.8. The Balaban J connectivity index is 2.53. The molecule has 0 radical (unpaired) electrons. The molecule has 0 saturated heterocycles. The van der Waals surface area contributed by atoms with Gasteiger partial charge < -0.3 is 15.4 Å². The first-order chi connectivity index (χ1) is 8.26. The number of urea groups is 1. The Morgan fingerprint density at radius 2 is 2.35 bits per heavy atom. The van der Waals surface area contributed by atoms with Crippen molar-refractivity contribution in [2.45, 2.75) is 13.3 Å². The van der Waals surface area contributed by atoms with E-state index in [9.17, 15) is 4.79 Å². The van der Waals surface area contributed by atoms with Crippen molar-refractivity contribution in [3.8, 4) is 11.8 Å². The van der Waals surface area contributed by atoms with Crippen LogP contribution in [0.1, 0.15) is 13.3 Å². The normalized spacial score (nSPS) is 9.18. The molecule has 0 unspecified atom stereocenters. The number of hydrogen-bond acceptors (Lipinski definition) is 3. The second kappa shape index (κ2) is 7.12. The number of carbonyl (C=O) groups excluding carboxylic acids is 1. The molecule has 0 saturated carbocycles. The molecule has 0 aromatic heterocycles. The van der Waals surface area contributed by atoms with E-state index in [1.54, 1.807) is 24.3 Å². The second-order valence-corrected chi connectivity index (χ2v) is 3.36. The third kappa shape index (κ3) is 4.89. The van der Waals surface area contributed by atoms with Crippen molar-refractivity contribution in [1.82, 2.24) is 5.32 Å². The zero-order chi connectivity index (χ0) is 12.5. The van der Waals surface area contributed by atoms with E-state index in [1.165, 1.54) is 0 Å². The van der Waals surface area contributed by atoms with Crippen LogP contribution in [0.2, 0.25) is 0 Å². The van der Waals surface area contributed by atoms with Gasteiger partial charge in [-0.1, -0.05) is 13.0 Å². The molecule has 1 aromatic rings. The molecule has 2 N–H and O–H groups in total. The van der Waals surface area contributed by atoms with E-state index in [1.807, 2.05) is 13.0 Å². The molecule has 5 nitrogen and oxygen atoms in total. The van der Waals surface area contributed by atoms with Crippen LogP contribution in [0.3, 0.4) is 0 Å². The molecule has 0 aliphatic rings. The zero-order valence-corrected chi connectivity index (χ0v) is 9.69. The Kier molecular flexibility index (Phi) is 5.38. The fourth-order valence-electron chi connectivity index (χ4n) is 1.19. The fourth-order valence-corrected chi connectivity index (χ4v) is 1.19. The highest BCUT2D eigenvalue weighted by molar-refractivity contribution is 5.89. The first-order valence-electron chi connectivity index (χ1n) is 5.41. The molecule has 90 valence electrons. The van der Waals surface area contributed by atoms with Crippen LogP contribution >= 0.6 is 0 Å². The summed E-state index contributed by atoms with van der Waals surface area (Å²) in [7, 11) is 0. The van der Waals surface area contributed by atoms with Crippen LogP contribution in [0.4, 0.5) is 10.5 Å². The molecule has 0 bridgehead atoms. The molecule has 0 atom stereocenters. The SMILES string of the molecule is CCCNC(=O)Nc1cccc(OCC#N)c1. The largest absolute Gasteiger partial charge is 0.479 e. The van der Waals surface area contributed by atoms with Gasteiger partial charge in [0, 0.05) is 18.3 Å². The summed E-state index contributed by atoms with van der Waals surface area (Å²) >= 11 is 0. The van der Waals surface area contributed by atoms with Gasteiger partial charge in [0.15, 0.2) is 6.61 Å². The van der Waals surface area contributed by atoms with Crippen LogP contribution in [-0.4, -0.2) is 19.2 Å². The van der Waals surface area contributed by atoms with Crippen LogP contribution in [0, 0.1) is 11.3 Å². The molecule has 1 rings (SSSR count). The maximum atomic E-state index is 11.4. The molecule has 0 aliphatic carbocycles. The summed E-state index contributed by atoms with van der Waals surface area (Å²) in [6.07, 6.45) is 0.888. The van der Waals surface area contributed by atoms with Crippen molar-refractivity contribution < 1.29 is 9.53 Å². The molecule has 0 spiro atoms. The van der Waals surface area contributed by atoms with Crippen LogP contribution < -0.4 is 15.4 Å². The maximum absolute atomic E-state index is 11.4. The van der Waals surface area contributed by atoms with Crippen molar-refractivity contribution >= 4 is 11.7 Å².